The van der Waals surface area contributed by atoms with E-state index in [9.17, 15) is 9.18 Å². The molecule has 0 aromatic heterocycles. The van der Waals surface area contributed by atoms with Crippen molar-refractivity contribution in [1.29, 1.82) is 0 Å². The zero-order valence-electron chi connectivity index (χ0n) is 10.4. The Kier molecular flexibility index (Phi) is 3.42. The predicted octanol–water partition coefficient (Wildman–Crippen LogP) is 1.58. The van der Waals surface area contributed by atoms with Gasteiger partial charge in [0.15, 0.2) is 5.17 Å². The van der Waals surface area contributed by atoms with Crippen molar-refractivity contribution in [2.45, 2.75) is 0 Å². The quantitative estimate of drug-likeness (QED) is 0.782. The number of nitrogens with zero attached hydrogens (tertiary/aromatic N) is 3. The van der Waals surface area contributed by atoms with Gasteiger partial charge in [0.1, 0.15) is 5.82 Å². The molecule has 6 heteroatoms. The van der Waals surface area contributed by atoms with Crippen LogP contribution in [0.15, 0.2) is 29.3 Å². The highest BCUT2D eigenvalue weighted by atomic mass is 32.2. The molecule has 19 heavy (non-hydrogen) atoms. The van der Waals surface area contributed by atoms with Gasteiger partial charge in [-0.25, -0.2) is 4.39 Å². The van der Waals surface area contributed by atoms with Crippen LogP contribution in [0.2, 0.25) is 0 Å². The van der Waals surface area contributed by atoms with Gasteiger partial charge in [-0.1, -0.05) is 11.8 Å². The normalized spacial score (nSPS) is 19.8. The maximum atomic E-state index is 12.9. The highest BCUT2D eigenvalue weighted by Gasteiger charge is 2.24. The van der Waals surface area contributed by atoms with Gasteiger partial charge in [0.05, 0.1) is 5.75 Å². The van der Waals surface area contributed by atoms with Crippen LogP contribution < -0.4 is 4.90 Å². The fraction of sp³-hybridized carbons (Fsp3) is 0.385. The Labute approximate surface area is 115 Å². The Morgan fingerprint density at radius 2 is 1.68 bits per heavy atom. The minimum absolute atomic E-state index is 0.0408. The van der Waals surface area contributed by atoms with Crippen molar-refractivity contribution in [3.8, 4) is 0 Å². The average Bonchev–Trinajstić information content (AvgIpc) is 2.87. The molecule has 2 heterocycles. The molecule has 4 nitrogen and oxygen atoms in total. The van der Waals surface area contributed by atoms with Crippen LogP contribution in [0.5, 0.6) is 0 Å². The molecular formula is C13H14FN3OS. The van der Waals surface area contributed by atoms with E-state index >= 15 is 0 Å². The number of halogens is 1. The van der Waals surface area contributed by atoms with Gasteiger partial charge in [-0.2, -0.15) is 4.99 Å². The minimum Gasteiger partial charge on any atom is -0.368 e. The molecule has 1 amide bonds. The monoisotopic (exact) mass is 279 g/mol. The van der Waals surface area contributed by atoms with Gasteiger partial charge in [-0.15, -0.1) is 0 Å². The topological polar surface area (TPSA) is 35.9 Å². The molecular weight excluding hydrogens is 265 g/mol. The van der Waals surface area contributed by atoms with E-state index in [0.717, 1.165) is 37.0 Å². The van der Waals surface area contributed by atoms with Crippen LogP contribution in [0.25, 0.3) is 0 Å². The van der Waals surface area contributed by atoms with Crippen molar-refractivity contribution in [2.75, 3.05) is 36.8 Å². The summed E-state index contributed by atoms with van der Waals surface area (Å²) in [4.78, 5) is 19.5. The number of amidine groups is 1. The van der Waals surface area contributed by atoms with E-state index in [-0.39, 0.29) is 11.7 Å². The second-order valence-corrected chi connectivity index (χ2v) is 5.47. The SMILES string of the molecule is O=C1CSC(N2CCN(c3ccc(F)cc3)CC2)=N1. The van der Waals surface area contributed by atoms with Crippen molar-refractivity contribution in [2.24, 2.45) is 4.99 Å². The van der Waals surface area contributed by atoms with Crippen molar-refractivity contribution in [3.05, 3.63) is 30.1 Å². The fourth-order valence-electron chi connectivity index (χ4n) is 2.27. The number of hydrogen-bond acceptors (Lipinski definition) is 4. The number of rotatable bonds is 1. The molecule has 1 fully saturated rings. The number of benzene rings is 1. The number of carbonyl (C=O) groups is 1. The molecule has 0 radical (unpaired) electrons. The minimum atomic E-state index is -0.211. The van der Waals surface area contributed by atoms with Gasteiger partial charge in [-0.05, 0) is 24.3 Å². The summed E-state index contributed by atoms with van der Waals surface area (Å²) in [5.41, 5.74) is 1.04. The summed E-state index contributed by atoms with van der Waals surface area (Å²) >= 11 is 1.51. The number of amides is 1. The van der Waals surface area contributed by atoms with Gasteiger partial charge < -0.3 is 9.80 Å². The molecule has 0 bridgehead atoms. The van der Waals surface area contributed by atoms with Gasteiger partial charge in [-0.3, -0.25) is 4.79 Å². The van der Waals surface area contributed by atoms with E-state index in [4.69, 9.17) is 0 Å². The van der Waals surface area contributed by atoms with E-state index in [1.54, 1.807) is 12.1 Å². The smallest absolute Gasteiger partial charge is 0.258 e. The molecule has 2 aliphatic heterocycles. The summed E-state index contributed by atoms with van der Waals surface area (Å²) in [7, 11) is 0. The first-order chi connectivity index (χ1) is 9.22. The molecule has 0 aliphatic carbocycles. The molecule has 0 N–H and O–H groups in total. The van der Waals surface area contributed by atoms with Gasteiger partial charge in [0.2, 0.25) is 0 Å². The number of piperazine rings is 1. The Balaban J connectivity index is 1.62. The number of aliphatic imine (C=N–C) groups is 1. The van der Waals surface area contributed by atoms with Crippen molar-refractivity contribution >= 4 is 28.5 Å². The molecule has 100 valence electrons. The fourth-order valence-corrected chi connectivity index (χ4v) is 3.12. The molecule has 1 aromatic carbocycles. The molecule has 1 saturated heterocycles. The van der Waals surface area contributed by atoms with Gasteiger partial charge in [0, 0.05) is 31.9 Å². The van der Waals surface area contributed by atoms with E-state index in [1.807, 2.05) is 0 Å². The number of anilines is 1. The zero-order valence-corrected chi connectivity index (χ0v) is 11.2. The summed E-state index contributed by atoms with van der Waals surface area (Å²) in [6.45, 7) is 3.41. The van der Waals surface area contributed by atoms with Gasteiger partial charge >= 0.3 is 0 Å². The average molecular weight is 279 g/mol. The molecule has 0 atom stereocenters. The third-order valence-electron chi connectivity index (χ3n) is 3.29. The van der Waals surface area contributed by atoms with Crippen LogP contribution >= 0.6 is 11.8 Å². The highest BCUT2D eigenvalue weighted by Crippen LogP contribution is 2.21. The molecule has 0 spiro atoms. The van der Waals surface area contributed by atoms with Crippen LogP contribution in [0.3, 0.4) is 0 Å². The lowest BCUT2D eigenvalue weighted by atomic mass is 10.2. The maximum Gasteiger partial charge on any atom is 0.258 e. The van der Waals surface area contributed by atoms with E-state index in [0.29, 0.717) is 5.75 Å². The molecule has 3 rings (SSSR count). The van der Waals surface area contributed by atoms with Crippen LogP contribution in [-0.4, -0.2) is 47.9 Å². The Bertz CT molecular complexity index is 509. The lowest BCUT2D eigenvalue weighted by molar-refractivity contribution is -0.115. The Morgan fingerprint density at radius 3 is 2.26 bits per heavy atom. The third kappa shape index (κ3) is 2.73. The Hall–Kier alpha value is -1.56. The molecule has 2 aliphatic rings. The van der Waals surface area contributed by atoms with Gasteiger partial charge in [0.25, 0.3) is 5.91 Å². The first-order valence-electron chi connectivity index (χ1n) is 6.22. The van der Waals surface area contributed by atoms with E-state index < -0.39 is 0 Å². The van der Waals surface area contributed by atoms with Crippen molar-refractivity contribution in [1.82, 2.24) is 4.90 Å². The van der Waals surface area contributed by atoms with E-state index in [2.05, 4.69) is 14.8 Å². The summed E-state index contributed by atoms with van der Waals surface area (Å²) in [6.07, 6.45) is 0. The lowest BCUT2D eigenvalue weighted by Crippen LogP contribution is -2.47. The first kappa shape index (κ1) is 12.5. The van der Waals surface area contributed by atoms with Crippen LogP contribution in [-0.2, 0) is 4.79 Å². The predicted molar refractivity (Wildman–Crippen MR) is 75.1 cm³/mol. The summed E-state index contributed by atoms with van der Waals surface area (Å²) in [5, 5.41) is 0.851. The standard InChI is InChI=1S/C13H14FN3OS/c14-10-1-3-11(4-2-10)16-5-7-17(8-6-16)13-15-12(18)9-19-13/h1-4H,5-9H2. The third-order valence-corrected chi connectivity index (χ3v) is 4.29. The van der Waals surface area contributed by atoms with Crippen LogP contribution in [0, 0.1) is 5.82 Å². The number of carbonyl (C=O) groups excluding carboxylic acids is 1. The first-order valence-corrected chi connectivity index (χ1v) is 7.21. The highest BCUT2D eigenvalue weighted by molar-refractivity contribution is 8.14. The number of thioether (sulfide) groups is 1. The second kappa shape index (κ2) is 5.21. The van der Waals surface area contributed by atoms with Crippen molar-refractivity contribution < 1.29 is 9.18 Å². The molecule has 0 unspecified atom stereocenters. The summed E-state index contributed by atoms with van der Waals surface area (Å²) in [6, 6.07) is 6.57. The zero-order chi connectivity index (χ0) is 13.2. The van der Waals surface area contributed by atoms with Crippen LogP contribution in [0.1, 0.15) is 0 Å². The summed E-state index contributed by atoms with van der Waals surface area (Å²) < 4.78 is 12.9. The molecule has 0 saturated carbocycles. The molecule has 1 aromatic rings. The summed E-state index contributed by atoms with van der Waals surface area (Å²) in [5.74, 6) is 0.214. The largest absolute Gasteiger partial charge is 0.368 e. The lowest BCUT2D eigenvalue weighted by Gasteiger charge is -2.36. The Morgan fingerprint density at radius 1 is 1.05 bits per heavy atom. The second-order valence-electron chi connectivity index (χ2n) is 4.53. The van der Waals surface area contributed by atoms with Crippen molar-refractivity contribution in [3.63, 3.8) is 0 Å². The van der Waals surface area contributed by atoms with Crippen LogP contribution in [0.4, 0.5) is 10.1 Å². The number of hydrogen-bond donors (Lipinski definition) is 0. The van der Waals surface area contributed by atoms with E-state index in [1.165, 1.54) is 23.9 Å². The maximum absolute atomic E-state index is 12.9.